The third-order valence-electron chi connectivity index (χ3n) is 3.65. The fourth-order valence-electron chi connectivity index (χ4n) is 2.21. The minimum absolute atomic E-state index is 0.0380. The number of rotatable bonds is 5. The highest BCUT2D eigenvalue weighted by atomic mass is 35.5. The molecule has 0 radical (unpaired) electrons. The second-order valence-electron chi connectivity index (χ2n) is 6.67. The highest BCUT2D eigenvalue weighted by molar-refractivity contribution is 6.31. The second-order valence-corrected chi connectivity index (χ2v) is 7.11. The lowest BCUT2D eigenvalue weighted by Crippen LogP contribution is -2.19. The highest BCUT2D eigenvalue weighted by Crippen LogP contribution is 2.25. The van der Waals surface area contributed by atoms with Gasteiger partial charge in [-0.05, 0) is 41.3 Å². The average molecular weight is 377 g/mol. The number of benzene rings is 2. The van der Waals surface area contributed by atoms with Crippen molar-refractivity contribution in [2.75, 3.05) is 13.7 Å². The van der Waals surface area contributed by atoms with Crippen LogP contribution in [0.4, 0.5) is 0 Å². The number of ether oxygens (including phenoxy) is 3. The van der Waals surface area contributed by atoms with Crippen molar-refractivity contribution >= 4 is 23.5 Å². The van der Waals surface area contributed by atoms with E-state index in [1.54, 1.807) is 12.1 Å². The molecule has 0 amide bonds. The Kier molecular flexibility index (Phi) is 6.27. The molecule has 2 aromatic rings. The van der Waals surface area contributed by atoms with E-state index in [1.165, 1.54) is 25.3 Å². The van der Waals surface area contributed by atoms with Crippen LogP contribution < -0.4 is 9.47 Å². The molecule has 138 valence electrons. The van der Waals surface area contributed by atoms with Gasteiger partial charge in [-0.15, -0.1) is 0 Å². The Morgan fingerprint density at radius 3 is 2.27 bits per heavy atom. The lowest BCUT2D eigenvalue weighted by Gasteiger charge is -2.19. The quantitative estimate of drug-likeness (QED) is 0.571. The normalized spacial score (nSPS) is 11.0. The van der Waals surface area contributed by atoms with Gasteiger partial charge in [0.15, 0.2) is 6.61 Å². The van der Waals surface area contributed by atoms with Gasteiger partial charge in [0, 0.05) is 5.02 Å². The predicted molar refractivity (Wildman–Crippen MR) is 99.1 cm³/mol. The molecule has 26 heavy (non-hydrogen) atoms. The van der Waals surface area contributed by atoms with Crippen molar-refractivity contribution in [1.29, 1.82) is 0 Å². The highest BCUT2D eigenvalue weighted by Gasteiger charge is 2.17. The van der Waals surface area contributed by atoms with Gasteiger partial charge in [0.05, 0.1) is 7.11 Å². The fourth-order valence-corrected chi connectivity index (χ4v) is 2.38. The molecule has 0 fully saturated rings. The van der Waals surface area contributed by atoms with Gasteiger partial charge < -0.3 is 14.2 Å². The average Bonchev–Trinajstić information content (AvgIpc) is 2.60. The van der Waals surface area contributed by atoms with Crippen LogP contribution >= 0.6 is 11.6 Å². The Morgan fingerprint density at radius 1 is 1.04 bits per heavy atom. The van der Waals surface area contributed by atoms with Crippen LogP contribution in [0.25, 0.3) is 0 Å². The van der Waals surface area contributed by atoms with Crippen LogP contribution in [0.15, 0.2) is 42.5 Å². The number of hydrogen-bond acceptors (Lipinski definition) is 5. The van der Waals surface area contributed by atoms with Gasteiger partial charge >= 0.3 is 11.9 Å². The molecule has 2 aromatic carbocycles. The van der Waals surface area contributed by atoms with Gasteiger partial charge in [-0.2, -0.15) is 0 Å². The van der Waals surface area contributed by atoms with Crippen molar-refractivity contribution in [2.45, 2.75) is 26.2 Å². The van der Waals surface area contributed by atoms with Gasteiger partial charge in [-0.3, -0.25) is 0 Å². The summed E-state index contributed by atoms with van der Waals surface area (Å²) in [5.41, 5.74) is 1.27. The topological polar surface area (TPSA) is 61.8 Å². The molecular formula is C20H21ClO5. The van der Waals surface area contributed by atoms with Crippen molar-refractivity contribution in [1.82, 2.24) is 0 Å². The summed E-state index contributed by atoms with van der Waals surface area (Å²) in [6.45, 7) is 6.06. The molecule has 0 heterocycles. The van der Waals surface area contributed by atoms with E-state index in [-0.39, 0.29) is 23.3 Å². The van der Waals surface area contributed by atoms with Gasteiger partial charge in [0.1, 0.15) is 17.1 Å². The summed E-state index contributed by atoms with van der Waals surface area (Å²) in [6, 6.07) is 11.8. The van der Waals surface area contributed by atoms with E-state index in [9.17, 15) is 9.59 Å². The zero-order chi connectivity index (χ0) is 19.3. The van der Waals surface area contributed by atoms with Crippen LogP contribution in [0.2, 0.25) is 5.02 Å². The van der Waals surface area contributed by atoms with Gasteiger partial charge in [-0.25, -0.2) is 9.59 Å². The first-order chi connectivity index (χ1) is 12.2. The largest absolute Gasteiger partial charge is 0.482 e. The van der Waals surface area contributed by atoms with E-state index >= 15 is 0 Å². The summed E-state index contributed by atoms with van der Waals surface area (Å²) in [4.78, 5) is 23.8. The van der Waals surface area contributed by atoms with Gasteiger partial charge in [0.2, 0.25) is 0 Å². The van der Waals surface area contributed by atoms with E-state index in [0.717, 1.165) is 5.56 Å². The van der Waals surface area contributed by atoms with E-state index in [2.05, 4.69) is 25.5 Å². The van der Waals surface area contributed by atoms with Gasteiger partial charge in [-0.1, -0.05) is 44.5 Å². The Hall–Kier alpha value is -2.53. The first kappa shape index (κ1) is 19.8. The Morgan fingerprint density at radius 2 is 1.69 bits per heavy atom. The second kappa shape index (κ2) is 8.23. The Bertz CT molecular complexity index is 791. The van der Waals surface area contributed by atoms with Crippen molar-refractivity contribution < 1.29 is 23.8 Å². The molecule has 6 heteroatoms. The minimum atomic E-state index is -0.644. The molecular weight excluding hydrogens is 356 g/mol. The lowest BCUT2D eigenvalue weighted by atomic mass is 9.87. The monoisotopic (exact) mass is 376 g/mol. The van der Waals surface area contributed by atoms with Crippen LogP contribution in [-0.4, -0.2) is 25.7 Å². The maximum atomic E-state index is 12.0. The molecule has 0 saturated carbocycles. The smallest absolute Gasteiger partial charge is 0.349 e. The summed E-state index contributed by atoms with van der Waals surface area (Å²) < 4.78 is 15.3. The third-order valence-corrected chi connectivity index (χ3v) is 3.88. The van der Waals surface area contributed by atoms with Crippen molar-refractivity contribution in [2.24, 2.45) is 0 Å². The molecule has 2 rings (SSSR count). The number of methoxy groups -OCH3 is 1. The zero-order valence-electron chi connectivity index (χ0n) is 15.2. The lowest BCUT2D eigenvalue weighted by molar-refractivity contribution is -0.136. The van der Waals surface area contributed by atoms with E-state index in [4.69, 9.17) is 21.1 Å². The Balaban J connectivity index is 2.00. The summed E-state index contributed by atoms with van der Waals surface area (Å²) in [5.74, 6) is -0.663. The van der Waals surface area contributed by atoms with E-state index in [0.29, 0.717) is 10.8 Å². The maximum Gasteiger partial charge on any atom is 0.349 e. The number of carbonyl (C=O) groups is 2. The minimum Gasteiger partial charge on any atom is -0.482 e. The summed E-state index contributed by atoms with van der Waals surface area (Å²) in [6.07, 6.45) is 0. The molecule has 0 bridgehead atoms. The molecule has 0 saturated heterocycles. The third kappa shape index (κ3) is 5.23. The molecule has 0 atom stereocenters. The molecule has 0 N–H and O–H groups in total. The van der Waals surface area contributed by atoms with Crippen LogP contribution in [0, 0.1) is 0 Å². The first-order valence-electron chi connectivity index (χ1n) is 8.02. The van der Waals surface area contributed by atoms with E-state index in [1.807, 2.05) is 12.1 Å². The van der Waals surface area contributed by atoms with Crippen LogP contribution in [0.1, 0.15) is 36.7 Å². The Labute approximate surface area is 157 Å². The standard InChI is InChI=1S/C20H21ClO5/c1-20(2,3)13-5-8-15(9-6-13)25-12-18(22)26-17-10-7-14(21)11-16(17)19(23)24-4/h5-11H,12H2,1-4H3. The maximum absolute atomic E-state index is 12.0. The summed E-state index contributed by atoms with van der Waals surface area (Å²) >= 11 is 5.87. The number of carbonyl (C=O) groups excluding carboxylic acids is 2. The molecule has 5 nitrogen and oxygen atoms in total. The molecule has 0 aromatic heterocycles. The number of esters is 2. The molecule has 0 aliphatic carbocycles. The number of halogens is 1. The SMILES string of the molecule is COC(=O)c1cc(Cl)ccc1OC(=O)COc1ccc(C(C)(C)C)cc1. The van der Waals surface area contributed by atoms with E-state index < -0.39 is 11.9 Å². The van der Waals surface area contributed by atoms with Crippen molar-refractivity contribution in [3.8, 4) is 11.5 Å². The van der Waals surface area contributed by atoms with Crippen LogP contribution in [-0.2, 0) is 14.9 Å². The molecule has 0 spiro atoms. The first-order valence-corrected chi connectivity index (χ1v) is 8.40. The zero-order valence-corrected chi connectivity index (χ0v) is 15.9. The predicted octanol–water partition coefficient (Wildman–Crippen LogP) is 4.41. The van der Waals surface area contributed by atoms with Crippen molar-refractivity contribution in [3.63, 3.8) is 0 Å². The summed E-state index contributed by atoms with van der Waals surface area (Å²) in [5, 5.41) is 0.334. The molecule has 0 aliphatic rings. The molecule has 0 unspecified atom stereocenters. The number of hydrogen-bond donors (Lipinski definition) is 0. The molecule has 0 aliphatic heterocycles. The van der Waals surface area contributed by atoms with Crippen LogP contribution in [0.3, 0.4) is 0 Å². The fraction of sp³-hybridized carbons (Fsp3) is 0.300. The summed E-state index contributed by atoms with van der Waals surface area (Å²) in [7, 11) is 1.24. The van der Waals surface area contributed by atoms with Crippen LogP contribution in [0.5, 0.6) is 11.5 Å². The van der Waals surface area contributed by atoms with Crippen molar-refractivity contribution in [3.05, 3.63) is 58.6 Å². The van der Waals surface area contributed by atoms with Gasteiger partial charge in [0.25, 0.3) is 0 Å².